The highest BCUT2D eigenvalue weighted by atomic mass is 16.7. The minimum atomic E-state index is -1.89. The highest BCUT2D eigenvalue weighted by molar-refractivity contribution is 6.31. The van der Waals surface area contributed by atoms with Gasteiger partial charge in [0.05, 0.1) is 52.4 Å². The van der Waals surface area contributed by atoms with Gasteiger partial charge in [-0.05, 0) is 47.4 Å². The summed E-state index contributed by atoms with van der Waals surface area (Å²) in [5.41, 5.74) is 1.98. The van der Waals surface area contributed by atoms with E-state index in [4.69, 9.17) is 34.2 Å². The molecule has 2 aromatic rings. The molecule has 310 valence electrons. The van der Waals surface area contributed by atoms with E-state index in [2.05, 4.69) is 0 Å². The monoisotopic (exact) mass is 798 g/mol. The lowest BCUT2D eigenvalue weighted by atomic mass is 9.70. The number of phenolic OH excluding ortho intramolecular Hbond substituents is 3. The molecular formula is C40H50N2O15. The Hall–Kier alpha value is -4.01. The Morgan fingerprint density at radius 2 is 1.47 bits per heavy atom. The first-order chi connectivity index (χ1) is 26.9. The summed E-state index contributed by atoms with van der Waals surface area (Å²) < 4.78 is 37.0. The highest BCUT2D eigenvalue weighted by Crippen LogP contribution is 2.56. The molecule has 17 nitrogen and oxygen atoms in total. The van der Waals surface area contributed by atoms with E-state index in [1.54, 1.807) is 27.7 Å². The van der Waals surface area contributed by atoms with Gasteiger partial charge < -0.3 is 69.7 Å². The quantitative estimate of drug-likeness (QED) is 0.160. The minimum absolute atomic E-state index is 0.0133. The van der Waals surface area contributed by atoms with Gasteiger partial charge in [0, 0.05) is 48.1 Å². The topological polar surface area (TPSA) is 257 Å². The predicted molar refractivity (Wildman–Crippen MR) is 196 cm³/mol. The summed E-state index contributed by atoms with van der Waals surface area (Å²) in [4.78, 5) is 41.3. The number of aliphatic hydroxyl groups excluding tert-OH is 2. The summed E-state index contributed by atoms with van der Waals surface area (Å²) >= 11 is 0. The summed E-state index contributed by atoms with van der Waals surface area (Å²) in [6.45, 7) is 6.67. The zero-order valence-corrected chi connectivity index (χ0v) is 32.4. The molecule has 2 saturated heterocycles. The van der Waals surface area contributed by atoms with Crippen molar-refractivity contribution >= 4 is 17.3 Å². The van der Waals surface area contributed by atoms with Gasteiger partial charge in [-0.2, -0.15) is 0 Å². The van der Waals surface area contributed by atoms with Crippen LogP contribution < -0.4 is 5.73 Å². The van der Waals surface area contributed by atoms with Crippen LogP contribution in [0.3, 0.4) is 0 Å². The van der Waals surface area contributed by atoms with Gasteiger partial charge in [-0.1, -0.05) is 19.1 Å². The number of aliphatic hydroxyl groups is 3. The number of ketones is 3. The molecule has 0 unspecified atom stereocenters. The smallest absolute Gasteiger partial charge is 0.202 e. The van der Waals surface area contributed by atoms with E-state index in [0.717, 1.165) is 0 Å². The number of ether oxygens (including phenoxy) is 6. The number of carbonyl (C=O) groups excluding carboxylic acids is 3. The summed E-state index contributed by atoms with van der Waals surface area (Å²) in [6, 6.07) is 3.51. The number of rotatable bonds is 8. The van der Waals surface area contributed by atoms with Crippen molar-refractivity contribution in [1.29, 1.82) is 0 Å². The normalized spacial score (nSPS) is 36.7. The Balaban J connectivity index is 1.12. The van der Waals surface area contributed by atoms with Crippen LogP contribution in [0.2, 0.25) is 0 Å². The second-order valence-corrected chi connectivity index (χ2v) is 15.8. The Kier molecular flexibility index (Phi) is 11.0. The van der Waals surface area contributed by atoms with Gasteiger partial charge in [-0.25, -0.2) is 0 Å². The van der Waals surface area contributed by atoms with Crippen molar-refractivity contribution in [3.05, 3.63) is 63.4 Å². The van der Waals surface area contributed by atoms with Crippen molar-refractivity contribution in [3.8, 4) is 17.2 Å². The van der Waals surface area contributed by atoms with Crippen LogP contribution in [0.4, 0.5) is 0 Å². The second kappa shape index (κ2) is 15.3. The zero-order chi connectivity index (χ0) is 41.4. The van der Waals surface area contributed by atoms with Crippen LogP contribution in [0, 0.1) is 0 Å². The first-order valence-electron chi connectivity index (χ1n) is 19.1. The van der Waals surface area contributed by atoms with Gasteiger partial charge in [-0.15, -0.1) is 0 Å². The van der Waals surface area contributed by atoms with Crippen LogP contribution in [0.25, 0.3) is 0 Å². The first-order valence-corrected chi connectivity index (χ1v) is 19.1. The number of aromatic hydroxyl groups is 3. The maximum absolute atomic E-state index is 13.8. The molecule has 2 fully saturated rings. The number of nitrogens with zero attached hydrogens (tertiary/aromatic N) is 1. The number of benzene rings is 2. The third-order valence-electron chi connectivity index (χ3n) is 11.9. The number of nitrogens with two attached hydrogens (primary N) is 1. The number of hydrogen-bond donors (Lipinski definition) is 7. The van der Waals surface area contributed by atoms with Gasteiger partial charge >= 0.3 is 0 Å². The molecule has 2 aromatic carbocycles. The molecule has 0 aromatic heterocycles. The van der Waals surface area contributed by atoms with Crippen LogP contribution in [0.5, 0.6) is 17.2 Å². The molecule has 13 atom stereocenters. The van der Waals surface area contributed by atoms with Crippen LogP contribution in [-0.4, -0.2) is 134 Å². The van der Waals surface area contributed by atoms with Crippen molar-refractivity contribution < 1.29 is 73.4 Å². The van der Waals surface area contributed by atoms with E-state index >= 15 is 0 Å². The third kappa shape index (κ3) is 7.03. The van der Waals surface area contributed by atoms with Crippen LogP contribution in [0.1, 0.15) is 109 Å². The summed E-state index contributed by atoms with van der Waals surface area (Å²) in [5, 5.41) is 68.3. The molecule has 0 radical (unpaired) electrons. The summed E-state index contributed by atoms with van der Waals surface area (Å²) in [6.07, 6.45) is -9.45. The molecule has 0 saturated carbocycles. The average Bonchev–Trinajstić information content (AvgIpc) is 3.14. The fraction of sp³-hybridized carbons (Fsp3) is 0.575. The second-order valence-electron chi connectivity index (χ2n) is 15.8. The molecular weight excluding hydrogens is 748 g/mol. The molecule has 17 heteroatoms. The lowest BCUT2D eigenvalue weighted by Gasteiger charge is -2.48. The maximum Gasteiger partial charge on any atom is 0.202 e. The van der Waals surface area contributed by atoms with Gasteiger partial charge in [-0.3, -0.25) is 14.4 Å². The van der Waals surface area contributed by atoms with Gasteiger partial charge in [0.1, 0.15) is 41.7 Å². The van der Waals surface area contributed by atoms with Crippen LogP contribution >= 0.6 is 0 Å². The lowest BCUT2D eigenvalue weighted by molar-refractivity contribution is -0.321. The van der Waals surface area contributed by atoms with E-state index in [1.807, 2.05) is 19.0 Å². The number of phenols is 3. The summed E-state index contributed by atoms with van der Waals surface area (Å²) in [7, 11) is 3.67. The van der Waals surface area contributed by atoms with E-state index in [1.165, 1.54) is 24.3 Å². The largest absolute Gasteiger partial charge is 0.507 e. The molecule has 3 aliphatic heterocycles. The van der Waals surface area contributed by atoms with Crippen molar-refractivity contribution in [3.63, 3.8) is 0 Å². The van der Waals surface area contributed by atoms with E-state index < -0.39 is 113 Å². The van der Waals surface area contributed by atoms with Crippen molar-refractivity contribution in [2.45, 2.75) is 133 Å². The van der Waals surface area contributed by atoms with Gasteiger partial charge in [0.25, 0.3) is 0 Å². The Morgan fingerprint density at radius 3 is 2.12 bits per heavy atom. The fourth-order valence-corrected chi connectivity index (χ4v) is 8.70. The van der Waals surface area contributed by atoms with Crippen molar-refractivity contribution in [2.75, 3.05) is 14.1 Å². The van der Waals surface area contributed by atoms with E-state index in [-0.39, 0.29) is 65.5 Å². The van der Waals surface area contributed by atoms with E-state index in [9.17, 15) is 45.0 Å². The van der Waals surface area contributed by atoms with Gasteiger partial charge in [0.2, 0.25) is 5.78 Å². The minimum Gasteiger partial charge on any atom is -0.507 e. The molecule has 0 amide bonds. The zero-order valence-electron chi connectivity index (χ0n) is 32.4. The maximum atomic E-state index is 13.8. The molecule has 7 rings (SSSR count). The highest BCUT2D eigenvalue weighted by Gasteiger charge is 2.52. The average molecular weight is 799 g/mol. The first kappa shape index (κ1) is 41.2. The Bertz CT molecular complexity index is 1970. The Morgan fingerprint density at radius 1 is 0.842 bits per heavy atom. The molecule has 57 heavy (non-hydrogen) atoms. The van der Waals surface area contributed by atoms with Crippen LogP contribution in [-0.2, 0) is 33.2 Å². The molecule has 0 bridgehead atoms. The molecule has 0 spiro atoms. The molecule has 3 heterocycles. The molecule has 2 aliphatic carbocycles. The third-order valence-corrected chi connectivity index (χ3v) is 11.9. The number of fused-ring (bicyclic) bond motifs is 3. The predicted octanol–water partition coefficient (Wildman–Crippen LogP) is 1.70. The Labute approximate surface area is 328 Å². The lowest BCUT2D eigenvalue weighted by Crippen LogP contribution is -2.58. The standard InChI is InChI=1S/C40H50N2O15/c1-7-40(51)14-24(28-31(38(40)50)35(49)29-30(34(28)48)33(47)27-18(32(29)46)9-8-10-21(27)43)55-25-12-20(42(5)6)36(16(3)52-25)56-26-13-23(45)37(17(4)53-26)57-39-19(41)11-22(44)15(2)54-39/h8-11,15-17,20,23-26,36-39,43,45,48-51H,7,12-14,41H2,1-6H3/t15-,16+,17-,20-,23+,24-,25+,26+,36-,37-,38+,39+,40+/m0/s1. The molecule has 5 aliphatic rings. The van der Waals surface area contributed by atoms with Crippen LogP contribution in [0.15, 0.2) is 30.0 Å². The summed E-state index contributed by atoms with van der Waals surface area (Å²) in [5.74, 6) is -4.07. The van der Waals surface area contributed by atoms with E-state index in [0.29, 0.717) is 0 Å². The number of hydrogen-bond acceptors (Lipinski definition) is 17. The van der Waals surface area contributed by atoms with Crippen molar-refractivity contribution in [1.82, 2.24) is 4.90 Å². The fourth-order valence-electron chi connectivity index (χ4n) is 8.70. The number of carbonyl (C=O) groups is 3. The molecule has 8 N–H and O–H groups in total. The SMILES string of the molecule is CC[C@@]1(O)C[C@H](O[C@@H]2C[C@H](N(C)C)[C@@H](O[C@@H]3C[C@@H](O)[C@@H](O[C@H]4O[C@@H](C)C(=O)C=C4N)[C@H](C)O3)[C@@H](C)O2)c2c(O)c3c(c(O)c2[C@H]1O)C(=O)c1cccc(O)c1C3=O. The number of likely N-dealkylation sites (N-methyl/N-ethyl adjacent to an activating group) is 1. The van der Waals surface area contributed by atoms with Gasteiger partial charge in [0.15, 0.2) is 30.4 Å². The van der Waals surface area contributed by atoms with Crippen molar-refractivity contribution in [2.24, 2.45) is 5.73 Å².